The lowest BCUT2D eigenvalue weighted by molar-refractivity contribution is -0.116. The third-order valence-corrected chi connectivity index (χ3v) is 2.64. The average Bonchev–Trinajstić information content (AvgIpc) is 2.21. The van der Waals surface area contributed by atoms with Gasteiger partial charge in [0.1, 0.15) is 0 Å². The first kappa shape index (κ1) is 9.52. The molecule has 74 valence electrons. The second kappa shape index (κ2) is 3.61. The molecule has 2 N–H and O–H groups in total. The summed E-state index contributed by atoms with van der Waals surface area (Å²) in [5.41, 5.74) is 1.82. The van der Waals surface area contributed by atoms with E-state index in [4.69, 9.17) is 0 Å². The van der Waals surface area contributed by atoms with Crippen LogP contribution in [0.4, 0.5) is 11.4 Å². The number of carbonyl (C=O) groups is 1. The van der Waals surface area contributed by atoms with Gasteiger partial charge in [-0.2, -0.15) is 0 Å². The average molecular weight is 255 g/mol. The third kappa shape index (κ3) is 1.90. The van der Waals surface area contributed by atoms with Crippen molar-refractivity contribution < 1.29 is 4.79 Å². The highest BCUT2D eigenvalue weighted by Crippen LogP contribution is 2.28. The molecule has 0 aliphatic carbocycles. The van der Waals surface area contributed by atoms with Gasteiger partial charge in [0, 0.05) is 16.9 Å². The molecule has 1 aliphatic heterocycles. The predicted molar refractivity (Wildman–Crippen MR) is 60.5 cm³/mol. The summed E-state index contributed by atoms with van der Waals surface area (Å²) in [6, 6.07) is 5.99. The molecular weight excluding hydrogens is 244 g/mol. The first-order valence-electron chi connectivity index (χ1n) is 4.51. The van der Waals surface area contributed by atoms with Crippen molar-refractivity contribution in [3.8, 4) is 0 Å². The molecule has 1 aromatic carbocycles. The van der Waals surface area contributed by atoms with Crippen LogP contribution in [0.5, 0.6) is 0 Å². The van der Waals surface area contributed by atoms with E-state index in [2.05, 4.69) is 26.6 Å². The van der Waals surface area contributed by atoms with Crippen LogP contribution >= 0.6 is 15.9 Å². The zero-order chi connectivity index (χ0) is 10.1. The highest BCUT2D eigenvalue weighted by atomic mass is 79.9. The number of halogens is 1. The van der Waals surface area contributed by atoms with Gasteiger partial charge in [0.2, 0.25) is 5.91 Å². The highest BCUT2D eigenvalue weighted by Gasteiger charge is 2.16. The fraction of sp³-hybridized carbons (Fsp3) is 0.300. The van der Waals surface area contributed by atoms with Crippen LogP contribution in [0.1, 0.15) is 13.3 Å². The summed E-state index contributed by atoms with van der Waals surface area (Å²) in [6.07, 6.45) is 0.506. The number of anilines is 2. The molecule has 0 radical (unpaired) electrons. The lowest BCUT2D eigenvalue weighted by Crippen LogP contribution is -2.18. The lowest BCUT2D eigenvalue weighted by Gasteiger charge is -2.11. The number of hydrogen-bond acceptors (Lipinski definition) is 2. The Bertz CT molecular complexity index is 378. The summed E-state index contributed by atoms with van der Waals surface area (Å²) in [5, 5.41) is 6.14. The maximum Gasteiger partial charge on any atom is 0.226 e. The first-order chi connectivity index (χ1) is 6.65. The van der Waals surface area contributed by atoms with E-state index in [0.29, 0.717) is 6.42 Å². The van der Waals surface area contributed by atoms with Crippen molar-refractivity contribution in [2.24, 2.45) is 0 Å². The number of benzene rings is 1. The normalized spacial score (nSPS) is 20.4. The minimum atomic E-state index is 0.0573. The van der Waals surface area contributed by atoms with Crippen LogP contribution in [0, 0.1) is 0 Å². The van der Waals surface area contributed by atoms with E-state index < -0.39 is 0 Å². The molecule has 3 nitrogen and oxygen atoms in total. The summed E-state index contributed by atoms with van der Waals surface area (Å²) in [7, 11) is 0. The summed E-state index contributed by atoms with van der Waals surface area (Å²) in [5.74, 6) is 0.0573. The second-order valence-corrected chi connectivity index (χ2v) is 4.40. The number of amides is 1. The molecule has 0 saturated heterocycles. The van der Waals surface area contributed by atoms with E-state index in [1.165, 1.54) is 0 Å². The third-order valence-electron chi connectivity index (χ3n) is 2.15. The molecule has 1 aromatic rings. The minimum Gasteiger partial charge on any atom is -0.380 e. The molecule has 0 bridgehead atoms. The van der Waals surface area contributed by atoms with E-state index in [1.807, 2.05) is 25.1 Å². The molecule has 1 heterocycles. The van der Waals surface area contributed by atoms with Crippen molar-refractivity contribution in [2.75, 3.05) is 10.6 Å². The van der Waals surface area contributed by atoms with Crippen molar-refractivity contribution in [3.63, 3.8) is 0 Å². The van der Waals surface area contributed by atoms with E-state index in [-0.39, 0.29) is 11.9 Å². The Morgan fingerprint density at radius 1 is 1.43 bits per heavy atom. The van der Waals surface area contributed by atoms with Gasteiger partial charge in [0.05, 0.1) is 11.4 Å². The fourth-order valence-corrected chi connectivity index (χ4v) is 1.90. The molecule has 1 atom stereocenters. The molecule has 2 rings (SSSR count). The molecule has 1 aliphatic rings. The Morgan fingerprint density at radius 3 is 3.00 bits per heavy atom. The van der Waals surface area contributed by atoms with Crippen molar-refractivity contribution in [2.45, 2.75) is 19.4 Å². The van der Waals surface area contributed by atoms with Crippen LogP contribution in [-0.2, 0) is 4.79 Å². The van der Waals surface area contributed by atoms with Gasteiger partial charge in [0.15, 0.2) is 0 Å². The standard InChI is InChI=1S/C10H11BrN2O/c1-6-4-10(14)13-9-5-7(11)2-3-8(9)12-6/h2-3,5-6,12H,4H2,1H3,(H,13,14). The number of fused-ring (bicyclic) bond motifs is 1. The predicted octanol–water partition coefficient (Wildman–Crippen LogP) is 2.59. The number of rotatable bonds is 0. The van der Waals surface area contributed by atoms with Gasteiger partial charge in [0.25, 0.3) is 0 Å². The fourth-order valence-electron chi connectivity index (χ4n) is 1.54. The Morgan fingerprint density at radius 2 is 2.21 bits per heavy atom. The van der Waals surface area contributed by atoms with Crippen molar-refractivity contribution in [1.82, 2.24) is 0 Å². The van der Waals surface area contributed by atoms with Crippen LogP contribution < -0.4 is 10.6 Å². The molecule has 0 saturated carbocycles. The maximum absolute atomic E-state index is 11.4. The monoisotopic (exact) mass is 254 g/mol. The van der Waals surface area contributed by atoms with Crippen molar-refractivity contribution in [3.05, 3.63) is 22.7 Å². The Balaban J connectivity index is 2.41. The Labute approximate surface area is 91.0 Å². The zero-order valence-electron chi connectivity index (χ0n) is 7.80. The number of nitrogens with one attached hydrogen (secondary N) is 2. The SMILES string of the molecule is CC1CC(=O)Nc2cc(Br)ccc2N1. The molecule has 0 spiro atoms. The highest BCUT2D eigenvalue weighted by molar-refractivity contribution is 9.10. The van der Waals surface area contributed by atoms with Crippen LogP contribution in [0.25, 0.3) is 0 Å². The molecule has 0 aromatic heterocycles. The van der Waals surface area contributed by atoms with Gasteiger partial charge in [-0.15, -0.1) is 0 Å². The molecule has 0 fully saturated rings. The summed E-state index contributed by atoms with van der Waals surface area (Å²) in [4.78, 5) is 11.4. The van der Waals surface area contributed by atoms with E-state index in [9.17, 15) is 4.79 Å². The van der Waals surface area contributed by atoms with Gasteiger partial charge in [-0.3, -0.25) is 4.79 Å². The van der Waals surface area contributed by atoms with E-state index in [1.54, 1.807) is 0 Å². The second-order valence-electron chi connectivity index (χ2n) is 3.49. The quantitative estimate of drug-likeness (QED) is 0.748. The summed E-state index contributed by atoms with van der Waals surface area (Å²) in [6.45, 7) is 2.00. The molecule has 1 unspecified atom stereocenters. The zero-order valence-corrected chi connectivity index (χ0v) is 9.39. The molecule has 1 amide bonds. The van der Waals surface area contributed by atoms with Crippen LogP contribution in [-0.4, -0.2) is 11.9 Å². The van der Waals surface area contributed by atoms with Gasteiger partial charge in [-0.25, -0.2) is 0 Å². The molecule has 14 heavy (non-hydrogen) atoms. The number of hydrogen-bond donors (Lipinski definition) is 2. The van der Waals surface area contributed by atoms with Crippen LogP contribution in [0.15, 0.2) is 22.7 Å². The Hall–Kier alpha value is -1.03. The smallest absolute Gasteiger partial charge is 0.226 e. The summed E-state index contributed by atoms with van der Waals surface area (Å²) >= 11 is 3.37. The van der Waals surface area contributed by atoms with Crippen molar-refractivity contribution in [1.29, 1.82) is 0 Å². The van der Waals surface area contributed by atoms with Crippen molar-refractivity contribution >= 4 is 33.2 Å². The first-order valence-corrected chi connectivity index (χ1v) is 5.30. The largest absolute Gasteiger partial charge is 0.380 e. The van der Waals surface area contributed by atoms with Gasteiger partial charge in [-0.05, 0) is 25.1 Å². The van der Waals surface area contributed by atoms with Gasteiger partial charge in [-0.1, -0.05) is 15.9 Å². The number of carbonyl (C=O) groups excluding carboxylic acids is 1. The van der Waals surface area contributed by atoms with Crippen LogP contribution in [0.3, 0.4) is 0 Å². The van der Waals surface area contributed by atoms with Gasteiger partial charge < -0.3 is 10.6 Å². The van der Waals surface area contributed by atoms with E-state index >= 15 is 0 Å². The topological polar surface area (TPSA) is 41.1 Å². The summed E-state index contributed by atoms with van der Waals surface area (Å²) < 4.78 is 0.966. The molecular formula is C10H11BrN2O. The van der Waals surface area contributed by atoms with E-state index in [0.717, 1.165) is 15.8 Å². The molecule has 4 heteroatoms. The lowest BCUT2D eigenvalue weighted by atomic mass is 10.2. The van der Waals surface area contributed by atoms with Crippen LogP contribution in [0.2, 0.25) is 0 Å². The maximum atomic E-state index is 11.4. The Kier molecular flexibility index (Phi) is 2.46. The van der Waals surface area contributed by atoms with Gasteiger partial charge >= 0.3 is 0 Å². The minimum absolute atomic E-state index is 0.0573.